The molecule has 0 aliphatic heterocycles. The van der Waals surface area contributed by atoms with Crippen LogP contribution in [0.25, 0.3) is 0 Å². The van der Waals surface area contributed by atoms with Gasteiger partial charge in [0.1, 0.15) is 11.6 Å². The van der Waals surface area contributed by atoms with E-state index in [-0.39, 0.29) is 0 Å². The number of hydrogen-bond donors (Lipinski definition) is 1. The first-order chi connectivity index (χ1) is 8.08. The lowest BCUT2D eigenvalue weighted by Crippen LogP contribution is -2.19. The van der Waals surface area contributed by atoms with Gasteiger partial charge in [-0.1, -0.05) is 0 Å². The molecule has 0 aliphatic rings. The molecular formula is C12H16N4O. The summed E-state index contributed by atoms with van der Waals surface area (Å²) in [4.78, 5) is 10.2. The van der Waals surface area contributed by atoms with E-state index in [9.17, 15) is 0 Å². The molecule has 0 saturated carbocycles. The minimum Gasteiger partial charge on any atom is -0.469 e. The lowest BCUT2D eigenvalue weighted by Gasteiger charge is -2.19. The number of aryl methyl sites for hydroxylation is 2. The molecule has 0 radical (unpaired) electrons. The van der Waals surface area contributed by atoms with Crippen LogP contribution in [0.15, 0.2) is 22.9 Å². The molecule has 5 heteroatoms. The van der Waals surface area contributed by atoms with E-state index in [2.05, 4.69) is 9.97 Å². The molecule has 2 aromatic heterocycles. The summed E-state index contributed by atoms with van der Waals surface area (Å²) >= 11 is 0. The highest BCUT2D eigenvalue weighted by Gasteiger charge is 2.10. The highest BCUT2D eigenvalue weighted by atomic mass is 16.3. The van der Waals surface area contributed by atoms with Crippen molar-refractivity contribution in [1.82, 2.24) is 9.97 Å². The van der Waals surface area contributed by atoms with Crippen LogP contribution in [0.4, 0.5) is 11.8 Å². The molecule has 2 rings (SSSR count). The van der Waals surface area contributed by atoms with Gasteiger partial charge >= 0.3 is 0 Å². The van der Waals surface area contributed by atoms with E-state index in [0.29, 0.717) is 5.95 Å². The van der Waals surface area contributed by atoms with Crippen LogP contribution in [0.2, 0.25) is 0 Å². The minimum absolute atomic E-state index is 0.293. The molecule has 0 atom stereocenters. The van der Waals surface area contributed by atoms with Gasteiger partial charge in [-0.3, -0.25) is 0 Å². The number of furan rings is 1. The molecule has 0 fully saturated rings. The average Bonchev–Trinajstić information content (AvgIpc) is 2.68. The third-order valence-electron chi connectivity index (χ3n) is 2.70. The second kappa shape index (κ2) is 4.45. The lowest BCUT2D eigenvalue weighted by atomic mass is 10.2. The fourth-order valence-electron chi connectivity index (χ4n) is 1.74. The summed E-state index contributed by atoms with van der Waals surface area (Å²) in [5, 5.41) is 0. The zero-order valence-corrected chi connectivity index (χ0v) is 10.3. The third kappa shape index (κ3) is 2.38. The molecule has 2 aromatic rings. The van der Waals surface area contributed by atoms with Crippen LogP contribution in [-0.4, -0.2) is 17.0 Å². The van der Waals surface area contributed by atoms with Crippen molar-refractivity contribution >= 4 is 11.8 Å². The van der Waals surface area contributed by atoms with Gasteiger partial charge in [-0.2, -0.15) is 4.98 Å². The van der Waals surface area contributed by atoms with Crippen molar-refractivity contribution in [2.45, 2.75) is 20.4 Å². The topological polar surface area (TPSA) is 68.2 Å². The molecule has 0 bridgehead atoms. The van der Waals surface area contributed by atoms with Crippen LogP contribution in [-0.2, 0) is 6.54 Å². The van der Waals surface area contributed by atoms with Crippen molar-refractivity contribution in [2.24, 2.45) is 0 Å². The SMILES string of the molecule is Cc1cnc(N)nc1N(C)Cc1ccoc1C. The Balaban J connectivity index is 2.23. The van der Waals surface area contributed by atoms with Crippen LogP contribution in [0.5, 0.6) is 0 Å². The van der Waals surface area contributed by atoms with E-state index < -0.39 is 0 Å². The molecule has 0 spiro atoms. The van der Waals surface area contributed by atoms with Gasteiger partial charge in [0.25, 0.3) is 0 Å². The molecule has 0 amide bonds. The Morgan fingerprint density at radius 2 is 2.18 bits per heavy atom. The Bertz CT molecular complexity index is 521. The van der Waals surface area contributed by atoms with Crippen molar-refractivity contribution in [3.05, 3.63) is 35.4 Å². The van der Waals surface area contributed by atoms with E-state index in [4.69, 9.17) is 10.2 Å². The summed E-state index contributed by atoms with van der Waals surface area (Å²) in [6.45, 7) is 4.65. The number of rotatable bonds is 3. The first-order valence-corrected chi connectivity index (χ1v) is 5.41. The fraction of sp³-hybridized carbons (Fsp3) is 0.333. The van der Waals surface area contributed by atoms with Gasteiger partial charge in [0.15, 0.2) is 0 Å². The Hall–Kier alpha value is -2.04. The zero-order chi connectivity index (χ0) is 12.4. The predicted molar refractivity (Wildman–Crippen MR) is 66.7 cm³/mol. The van der Waals surface area contributed by atoms with Crippen molar-refractivity contribution < 1.29 is 4.42 Å². The maximum absolute atomic E-state index is 5.60. The first kappa shape index (κ1) is 11.4. The standard InChI is InChI=1S/C12H16N4O/c1-8-6-14-12(13)15-11(8)16(3)7-10-4-5-17-9(10)2/h4-6H,7H2,1-3H3,(H2,13,14,15). The molecule has 5 nitrogen and oxygen atoms in total. The van der Waals surface area contributed by atoms with E-state index in [1.807, 2.05) is 31.9 Å². The van der Waals surface area contributed by atoms with E-state index in [1.54, 1.807) is 12.5 Å². The van der Waals surface area contributed by atoms with Crippen molar-refractivity contribution in [2.75, 3.05) is 17.7 Å². The second-order valence-corrected chi connectivity index (χ2v) is 4.09. The first-order valence-electron chi connectivity index (χ1n) is 5.41. The summed E-state index contributed by atoms with van der Waals surface area (Å²) in [5.74, 6) is 2.07. The molecule has 2 heterocycles. The van der Waals surface area contributed by atoms with Crippen molar-refractivity contribution in [3.63, 3.8) is 0 Å². The third-order valence-corrected chi connectivity index (χ3v) is 2.70. The predicted octanol–water partition coefficient (Wildman–Crippen LogP) is 1.91. The highest BCUT2D eigenvalue weighted by Crippen LogP contribution is 2.19. The van der Waals surface area contributed by atoms with Gasteiger partial charge in [-0.15, -0.1) is 0 Å². The van der Waals surface area contributed by atoms with Gasteiger partial charge in [0.2, 0.25) is 5.95 Å². The number of anilines is 2. The number of nitrogens with zero attached hydrogens (tertiary/aromatic N) is 3. The van der Waals surface area contributed by atoms with Crippen LogP contribution in [0, 0.1) is 13.8 Å². The van der Waals surface area contributed by atoms with E-state index in [1.165, 1.54) is 0 Å². The summed E-state index contributed by atoms with van der Waals surface area (Å²) in [6.07, 6.45) is 3.43. The summed E-state index contributed by atoms with van der Waals surface area (Å²) in [6, 6.07) is 1.96. The number of nitrogens with two attached hydrogens (primary N) is 1. The lowest BCUT2D eigenvalue weighted by molar-refractivity contribution is 0.529. The van der Waals surface area contributed by atoms with Crippen molar-refractivity contribution in [1.29, 1.82) is 0 Å². The monoisotopic (exact) mass is 232 g/mol. The van der Waals surface area contributed by atoms with Crippen LogP contribution in [0.3, 0.4) is 0 Å². The van der Waals surface area contributed by atoms with E-state index >= 15 is 0 Å². The highest BCUT2D eigenvalue weighted by molar-refractivity contribution is 5.47. The van der Waals surface area contributed by atoms with Gasteiger partial charge in [0, 0.05) is 30.9 Å². The molecule has 0 saturated heterocycles. The second-order valence-electron chi connectivity index (χ2n) is 4.09. The van der Waals surface area contributed by atoms with Gasteiger partial charge in [-0.05, 0) is 19.9 Å². The largest absolute Gasteiger partial charge is 0.469 e. The average molecular weight is 232 g/mol. The Labute approximate surface area is 100 Å². The number of hydrogen-bond acceptors (Lipinski definition) is 5. The maximum Gasteiger partial charge on any atom is 0.221 e. The summed E-state index contributed by atoms with van der Waals surface area (Å²) in [5.41, 5.74) is 7.75. The van der Waals surface area contributed by atoms with Crippen LogP contribution >= 0.6 is 0 Å². The number of nitrogen functional groups attached to an aromatic ring is 1. The van der Waals surface area contributed by atoms with Gasteiger partial charge in [-0.25, -0.2) is 4.98 Å². The molecule has 2 N–H and O–H groups in total. The maximum atomic E-state index is 5.60. The molecule has 90 valence electrons. The molecule has 0 aromatic carbocycles. The molecular weight excluding hydrogens is 216 g/mol. The van der Waals surface area contributed by atoms with E-state index in [0.717, 1.165) is 29.2 Å². The van der Waals surface area contributed by atoms with Crippen molar-refractivity contribution in [3.8, 4) is 0 Å². The molecule has 0 aliphatic carbocycles. The summed E-state index contributed by atoms with van der Waals surface area (Å²) < 4.78 is 5.27. The Morgan fingerprint density at radius 3 is 2.82 bits per heavy atom. The molecule has 0 unspecified atom stereocenters. The smallest absolute Gasteiger partial charge is 0.221 e. The summed E-state index contributed by atoms with van der Waals surface area (Å²) in [7, 11) is 1.97. The quantitative estimate of drug-likeness (QED) is 0.875. The van der Waals surface area contributed by atoms with Gasteiger partial charge in [0.05, 0.1) is 6.26 Å². The molecule has 17 heavy (non-hydrogen) atoms. The normalized spacial score (nSPS) is 10.5. The number of aromatic nitrogens is 2. The Kier molecular flexibility index (Phi) is 2.99. The fourth-order valence-corrected chi connectivity index (χ4v) is 1.74. The van der Waals surface area contributed by atoms with Crippen LogP contribution < -0.4 is 10.6 Å². The van der Waals surface area contributed by atoms with Gasteiger partial charge < -0.3 is 15.1 Å². The Morgan fingerprint density at radius 1 is 1.41 bits per heavy atom. The zero-order valence-electron chi connectivity index (χ0n) is 10.3. The minimum atomic E-state index is 0.293. The van der Waals surface area contributed by atoms with Crippen LogP contribution in [0.1, 0.15) is 16.9 Å².